The molecule has 0 saturated carbocycles. The number of nitro benzene ring substituents is 1. The lowest BCUT2D eigenvalue weighted by Gasteiger charge is -2.07. The lowest BCUT2D eigenvalue weighted by molar-refractivity contribution is -0.384. The molecule has 1 amide bonds. The number of unbranched alkanes of at least 4 members (excludes halogenated alkanes) is 3. The van der Waals surface area contributed by atoms with E-state index in [2.05, 4.69) is 5.32 Å². The first-order valence-electron chi connectivity index (χ1n) is 6.65. The van der Waals surface area contributed by atoms with Crippen molar-refractivity contribution in [3.05, 3.63) is 39.4 Å². The maximum Gasteiger partial charge on any atom is 0.270 e. The number of halogens is 1. The van der Waals surface area contributed by atoms with Crippen LogP contribution < -0.4 is 5.32 Å². The summed E-state index contributed by atoms with van der Waals surface area (Å²) in [5.74, 6) is 0.405. The third kappa shape index (κ3) is 5.17. The van der Waals surface area contributed by atoms with Gasteiger partial charge in [-0.05, 0) is 25.3 Å². The standard InChI is InChI=1S/C14H19ClN2O3/c1-11-6-7-12(17(19)20)10-13(11)14(18)16-9-5-3-2-4-8-15/h6-7,10H,2-5,8-9H2,1H3,(H,16,18). The summed E-state index contributed by atoms with van der Waals surface area (Å²) in [6, 6.07) is 4.31. The average Bonchev–Trinajstić information content (AvgIpc) is 2.42. The molecule has 0 atom stereocenters. The number of benzene rings is 1. The fourth-order valence-electron chi connectivity index (χ4n) is 1.84. The van der Waals surface area contributed by atoms with E-state index >= 15 is 0 Å². The zero-order valence-electron chi connectivity index (χ0n) is 11.5. The fraction of sp³-hybridized carbons (Fsp3) is 0.500. The van der Waals surface area contributed by atoms with Gasteiger partial charge < -0.3 is 5.32 Å². The molecule has 0 spiro atoms. The molecule has 0 unspecified atom stereocenters. The number of rotatable bonds is 8. The lowest BCUT2D eigenvalue weighted by atomic mass is 10.1. The summed E-state index contributed by atoms with van der Waals surface area (Å²) >= 11 is 5.58. The van der Waals surface area contributed by atoms with Gasteiger partial charge in [-0.2, -0.15) is 0 Å². The van der Waals surface area contributed by atoms with Gasteiger partial charge in [-0.1, -0.05) is 18.9 Å². The number of nitrogens with zero attached hydrogens (tertiary/aromatic N) is 1. The van der Waals surface area contributed by atoms with Crippen LogP contribution in [0.4, 0.5) is 5.69 Å². The van der Waals surface area contributed by atoms with Crippen molar-refractivity contribution in [1.29, 1.82) is 0 Å². The van der Waals surface area contributed by atoms with Crippen LogP contribution >= 0.6 is 11.6 Å². The molecule has 1 rings (SSSR count). The molecule has 0 radical (unpaired) electrons. The number of nitrogens with one attached hydrogen (secondary N) is 1. The fourth-order valence-corrected chi connectivity index (χ4v) is 2.03. The molecule has 0 aliphatic carbocycles. The Morgan fingerprint density at radius 1 is 1.30 bits per heavy atom. The predicted octanol–water partition coefficient (Wildman–Crippen LogP) is 3.43. The highest BCUT2D eigenvalue weighted by Crippen LogP contribution is 2.17. The number of nitro groups is 1. The molecular weight excluding hydrogens is 280 g/mol. The molecule has 1 N–H and O–H groups in total. The summed E-state index contributed by atoms with van der Waals surface area (Å²) in [5.41, 5.74) is 1.03. The second-order valence-electron chi connectivity index (χ2n) is 4.62. The highest BCUT2D eigenvalue weighted by atomic mass is 35.5. The number of carbonyl (C=O) groups excluding carboxylic acids is 1. The number of hydrogen-bond acceptors (Lipinski definition) is 3. The normalized spacial score (nSPS) is 10.3. The molecule has 110 valence electrons. The number of non-ortho nitro benzene ring substituents is 1. The van der Waals surface area contributed by atoms with Crippen LogP contribution in [0.2, 0.25) is 0 Å². The Morgan fingerprint density at radius 3 is 2.65 bits per heavy atom. The van der Waals surface area contributed by atoms with E-state index in [1.807, 2.05) is 0 Å². The molecule has 1 aromatic carbocycles. The molecule has 20 heavy (non-hydrogen) atoms. The van der Waals surface area contributed by atoms with E-state index in [1.165, 1.54) is 12.1 Å². The zero-order valence-corrected chi connectivity index (χ0v) is 12.3. The van der Waals surface area contributed by atoms with Gasteiger partial charge in [0.25, 0.3) is 11.6 Å². The van der Waals surface area contributed by atoms with Crippen LogP contribution in [-0.2, 0) is 0 Å². The third-order valence-electron chi connectivity index (χ3n) is 3.02. The van der Waals surface area contributed by atoms with Gasteiger partial charge in [-0.3, -0.25) is 14.9 Å². The second kappa shape index (κ2) is 8.53. The Labute approximate surface area is 123 Å². The molecule has 5 nitrogen and oxygen atoms in total. The molecule has 0 aliphatic heterocycles. The Balaban J connectivity index is 2.50. The van der Waals surface area contributed by atoms with E-state index < -0.39 is 4.92 Å². The minimum atomic E-state index is -0.498. The van der Waals surface area contributed by atoms with Crippen LogP contribution in [0.25, 0.3) is 0 Å². The second-order valence-corrected chi connectivity index (χ2v) is 4.99. The van der Waals surface area contributed by atoms with Crippen molar-refractivity contribution in [1.82, 2.24) is 5.32 Å². The van der Waals surface area contributed by atoms with E-state index in [0.717, 1.165) is 31.2 Å². The monoisotopic (exact) mass is 298 g/mol. The number of hydrogen-bond donors (Lipinski definition) is 1. The first-order chi connectivity index (χ1) is 9.56. The van der Waals surface area contributed by atoms with E-state index in [4.69, 9.17) is 11.6 Å². The first kappa shape index (κ1) is 16.4. The summed E-state index contributed by atoms with van der Waals surface area (Å²) in [4.78, 5) is 22.2. The van der Waals surface area contributed by atoms with E-state index in [0.29, 0.717) is 18.0 Å². The Kier molecular flexibility index (Phi) is 7.01. The van der Waals surface area contributed by atoms with Crippen molar-refractivity contribution in [2.24, 2.45) is 0 Å². The van der Waals surface area contributed by atoms with Crippen molar-refractivity contribution < 1.29 is 9.72 Å². The molecule has 6 heteroatoms. The highest BCUT2D eigenvalue weighted by Gasteiger charge is 2.14. The van der Waals surface area contributed by atoms with Crippen LogP contribution in [0.1, 0.15) is 41.6 Å². The summed E-state index contributed by atoms with van der Waals surface area (Å²) in [6.45, 7) is 2.34. The minimum absolute atomic E-state index is 0.0668. The van der Waals surface area contributed by atoms with Crippen LogP contribution in [0, 0.1) is 17.0 Å². The van der Waals surface area contributed by atoms with Gasteiger partial charge in [-0.25, -0.2) is 0 Å². The number of aryl methyl sites for hydroxylation is 1. The van der Waals surface area contributed by atoms with Crippen molar-refractivity contribution >= 4 is 23.2 Å². The van der Waals surface area contributed by atoms with Gasteiger partial charge in [0.05, 0.1) is 4.92 Å². The van der Waals surface area contributed by atoms with E-state index in [1.54, 1.807) is 13.0 Å². The quantitative estimate of drug-likeness (QED) is 0.346. The van der Waals surface area contributed by atoms with Crippen LogP contribution in [0.15, 0.2) is 18.2 Å². The zero-order chi connectivity index (χ0) is 15.0. The van der Waals surface area contributed by atoms with Gasteiger partial charge in [0.1, 0.15) is 0 Å². The maximum atomic E-state index is 12.0. The molecular formula is C14H19ClN2O3. The molecule has 0 heterocycles. The topological polar surface area (TPSA) is 72.2 Å². The van der Waals surface area contributed by atoms with E-state index in [-0.39, 0.29) is 11.6 Å². The summed E-state index contributed by atoms with van der Waals surface area (Å²) in [6.07, 6.45) is 3.94. The van der Waals surface area contributed by atoms with Crippen molar-refractivity contribution in [3.63, 3.8) is 0 Å². The summed E-state index contributed by atoms with van der Waals surface area (Å²) < 4.78 is 0. The summed E-state index contributed by atoms with van der Waals surface area (Å²) in [5, 5.41) is 13.5. The van der Waals surface area contributed by atoms with Gasteiger partial charge in [0.15, 0.2) is 0 Å². The third-order valence-corrected chi connectivity index (χ3v) is 3.29. The Bertz CT molecular complexity index is 477. The minimum Gasteiger partial charge on any atom is -0.352 e. The molecule has 0 bridgehead atoms. The van der Waals surface area contributed by atoms with Gasteiger partial charge in [0.2, 0.25) is 0 Å². The van der Waals surface area contributed by atoms with Crippen molar-refractivity contribution in [3.8, 4) is 0 Å². The molecule has 1 aromatic rings. The molecule has 0 fully saturated rings. The first-order valence-corrected chi connectivity index (χ1v) is 7.19. The van der Waals surface area contributed by atoms with Crippen molar-refractivity contribution in [2.45, 2.75) is 32.6 Å². The number of alkyl halides is 1. The average molecular weight is 299 g/mol. The van der Waals surface area contributed by atoms with E-state index in [9.17, 15) is 14.9 Å². The van der Waals surface area contributed by atoms with Gasteiger partial charge in [-0.15, -0.1) is 11.6 Å². The highest BCUT2D eigenvalue weighted by molar-refractivity contribution is 6.17. The number of amides is 1. The van der Waals surface area contributed by atoms with Crippen LogP contribution in [0.3, 0.4) is 0 Å². The Hall–Kier alpha value is -1.62. The summed E-state index contributed by atoms with van der Waals surface area (Å²) in [7, 11) is 0. The predicted molar refractivity (Wildman–Crippen MR) is 79.4 cm³/mol. The SMILES string of the molecule is Cc1ccc([N+](=O)[O-])cc1C(=O)NCCCCCCCl. The van der Waals surface area contributed by atoms with Crippen molar-refractivity contribution in [2.75, 3.05) is 12.4 Å². The van der Waals surface area contributed by atoms with Gasteiger partial charge in [0, 0.05) is 30.1 Å². The largest absolute Gasteiger partial charge is 0.352 e. The molecule has 0 saturated heterocycles. The maximum absolute atomic E-state index is 12.0. The van der Waals surface area contributed by atoms with Gasteiger partial charge >= 0.3 is 0 Å². The molecule has 0 aromatic heterocycles. The van der Waals surface area contributed by atoms with Crippen LogP contribution in [-0.4, -0.2) is 23.3 Å². The number of carbonyl (C=O) groups is 1. The van der Waals surface area contributed by atoms with Crippen LogP contribution in [0.5, 0.6) is 0 Å². The smallest absolute Gasteiger partial charge is 0.270 e. The Morgan fingerprint density at radius 2 is 2.00 bits per heavy atom. The lowest BCUT2D eigenvalue weighted by Crippen LogP contribution is -2.25. The molecule has 0 aliphatic rings.